The maximum atomic E-state index is 5.25. The number of aromatic nitrogens is 1. The molecule has 0 aromatic carbocycles. The molecule has 2 aromatic rings. The van der Waals surface area contributed by atoms with Gasteiger partial charge in [-0.1, -0.05) is 0 Å². The fourth-order valence-electron chi connectivity index (χ4n) is 1.11. The third kappa shape index (κ3) is 1.23. The predicted molar refractivity (Wildman–Crippen MR) is 45.3 cm³/mol. The molecule has 2 nitrogen and oxygen atoms in total. The highest BCUT2D eigenvalue weighted by atomic mass is 16.3. The smallest absolute Gasteiger partial charge is 0.169 e. The lowest BCUT2D eigenvalue weighted by Crippen LogP contribution is -2.25. The third-order valence-corrected chi connectivity index (χ3v) is 1.78. The molecule has 12 heavy (non-hydrogen) atoms. The van der Waals surface area contributed by atoms with Crippen LogP contribution < -0.4 is 4.57 Å². The Bertz CT molecular complexity index is 348. The van der Waals surface area contributed by atoms with E-state index in [1.54, 1.807) is 6.26 Å². The number of rotatable bonds is 1. The van der Waals surface area contributed by atoms with Crippen molar-refractivity contribution in [1.82, 2.24) is 0 Å². The van der Waals surface area contributed by atoms with Crippen LogP contribution in [0.15, 0.2) is 47.3 Å². The van der Waals surface area contributed by atoms with Gasteiger partial charge in [0.2, 0.25) is 0 Å². The molecule has 0 N–H and O–H groups in total. The quantitative estimate of drug-likeness (QED) is 0.581. The fraction of sp³-hybridized carbons (Fsp3) is 0.100. The molecule has 0 saturated heterocycles. The van der Waals surface area contributed by atoms with Gasteiger partial charge in [0, 0.05) is 17.7 Å². The molecular weight excluding hydrogens is 150 g/mol. The summed E-state index contributed by atoms with van der Waals surface area (Å²) in [4.78, 5) is 0. The van der Waals surface area contributed by atoms with E-state index in [4.69, 9.17) is 4.42 Å². The minimum atomic E-state index is 0.913. The summed E-state index contributed by atoms with van der Waals surface area (Å²) >= 11 is 0. The number of hydrogen-bond donors (Lipinski definition) is 0. The lowest BCUT2D eigenvalue weighted by Gasteiger charge is -1.92. The molecule has 0 saturated carbocycles. The van der Waals surface area contributed by atoms with Crippen molar-refractivity contribution in [2.75, 3.05) is 0 Å². The Labute approximate surface area is 71.1 Å². The largest absolute Gasteiger partial charge is 0.464 e. The molecule has 0 aliphatic heterocycles. The van der Waals surface area contributed by atoms with Gasteiger partial charge in [0.25, 0.3) is 0 Å². The van der Waals surface area contributed by atoms with E-state index in [-0.39, 0.29) is 0 Å². The predicted octanol–water partition coefficient (Wildman–Crippen LogP) is 1.77. The summed E-state index contributed by atoms with van der Waals surface area (Å²) in [6, 6.07) is 7.90. The van der Waals surface area contributed by atoms with Crippen molar-refractivity contribution in [3.05, 3.63) is 42.9 Å². The molecule has 0 spiro atoms. The van der Waals surface area contributed by atoms with E-state index < -0.39 is 0 Å². The van der Waals surface area contributed by atoms with Crippen LogP contribution in [0, 0.1) is 0 Å². The van der Waals surface area contributed by atoms with Crippen LogP contribution in [0.3, 0.4) is 0 Å². The molecule has 0 aliphatic rings. The van der Waals surface area contributed by atoms with Crippen LogP contribution in [0.5, 0.6) is 0 Å². The molecular formula is C10H10NO+. The first kappa shape index (κ1) is 7.10. The van der Waals surface area contributed by atoms with Gasteiger partial charge in [0.05, 0.1) is 6.26 Å². The zero-order valence-electron chi connectivity index (χ0n) is 6.90. The maximum Gasteiger partial charge on any atom is 0.169 e. The zero-order chi connectivity index (χ0) is 8.39. The monoisotopic (exact) mass is 160 g/mol. The second-order valence-corrected chi connectivity index (χ2v) is 2.73. The molecule has 0 fully saturated rings. The number of hydrogen-bond acceptors (Lipinski definition) is 1. The van der Waals surface area contributed by atoms with Gasteiger partial charge in [-0.25, -0.2) is 4.57 Å². The molecule has 0 radical (unpaired) electrons. The number of pyridine rings is 1. The summed E-state index contributed by atoms with van der Waals surface area (Å²) in [7, 11) is 1.99. The summed E-state index contributed by atoms with van der Waals surface area (Å²) in [5.74, 6) is 0.913. The molecule has 2 heteroatoms. The first-order valence-electron chi connectivity index (χ1n) is 3.85. The van der Waals surface area contributed by atoms with Crippen LogP contribution in [0.1, 0.15) is 0 Å². The van der Waals surface area contributed by atoms with Gasteiger partial charge in [-0.15, -0.1) is 0 Å². The van der Waals surface area contributed by atoms with E-state index in [2.05, 4.69) is 0 Å². The normalized spacial score (nSPS) is 10.1. The van der Waals surface area contributed by atoms with Crippen LogP contribution >= 0.6 is 0 Å². The Kier molecular flexibility index (Phi) is 1.67. The molecule has 60 valence electrons. The van der Waals surface area contributed by atoms with Gasteiger partial charge in [-0.3, -0.25) is 0 Å². The summed E-state index contributed by atoms with van der Waals surface area (Å²) in [5.41, 5.74) is 1.11. The Balaban J connectivity index is 2.43. The molecule has 0 bridgehead atoms. The zero-order valence-corrected chi connectivity index (χ0v) is 6.90. The lowest BCUT2D eigenvalue weighted by atomic mass is 10.2. The summed E-state index contributed by atoms with van der Waals surface area (Å²) in [6.45, 7) is 0. The van der Waals surface area contributed by atoms with Crippen molar-refractivity contribution in [1.29, 1.82) is 0 Å². The van der Waals surface area contributed by atoms with E-state index in [0.29, 0.717) is 0 Å². The van der Waals surface area contributed by atoms with E-state index >= 15 is 0 Å². The Morgan fingerprint density at radius 1 is 1.17 bits per heavy atom. The van der Waals surface area contributed by atoms with Gasteiger partial charge in [-0.2, -0.15) is 0 Å². The highest BCUT2D eigenvalue weighted by Gasteiger charge is 2.00. The number of aryl methyl sites for hydroxylation is 1. The van der Waals surface area contributed by atoms with E-state index in [1.165, 1.54) is 0 Å². The van der Waals surface area contributed by atoms with Crippen molar-refractivity contribution in [3.63, 3.8) is 0 Å². The second kappa shape index (κ2) is 2.81. The minimum Gasteiger partial charge on any atom is -0.464 e. The van der Waals surface area contributed by atoms with Crippen molar-refractivity contribution < 1.29 is 8.98 Å². The molecule has 0 amide bonds. The minimum absolute atomic E-state index is 0.913. The molecule has 2 rings (SSSR count). The van der Waals surface area contributed by atoms with E-state index in [9.17, 15) is 0 Å². The molecule has 2 heterocycles. The summed E-state index contributed by atoms with van der Waals surface area (Å²) < 4.78 is 7.24. The van der Waals surface area contributed by atoms with Crippen LogP contribution in [-0.4, -0.2) is 0 Å². The highest BCUT2D eigenvalue weighted by molar-refractivity contribution is 5.55. The number of furan rings is 1. The van der Waals surface area contributed by atoms with Gasteiger partial charge in [0.1, 0.15) is 12.8 Å². The van der Waals surface area contributed by atoms with Gasteiger partial charge in [-0.05, 0) is 12.1 Å². The van der Waals surface area contributed by atoms with Gasteiger partial charge >= 0.3 is 0 Å². The standard InChI is InChI=1S/C10H10NO/c1-11-6-4-9(5-7-11)10-3-2-8-12-10/h2-8H,1H3/q+1. The average molecular weight is 160 g/mol. The Morgan fingerprint density at radius 3 is 2.50 bits per heavy atom. The van der Waals surface area contributed by atoms with Crippen molar-refractivity contribution in [2.45, 2.75) is 0 Å². The van der Waals surface area contributed by atoms with Gasteiger partial charge < -0.3 is 4.42 Å². The third-order valence-electron chi connectivity index (χ3n) is 1.78. The van der Waals surface area contributed by atoms with Gasteiger partial charge in [0.15, 0.2) is 12.4 Å². The van der Waals surface area contributed by atoms with Crippen LogP contribution in [-0.2, 0) is 7.05 Å². The van der Waals surface area contributed by atoms with Crippen molar-refractivity contribution >= 4 is 0 Å². The molecule has 0 unspecified atom stereocenters. The Hall–Kier alpha value is -1.57. The highest BCUT2D eigenvalue weighted by Crippen LogP contribution is 2.17. The van der Waals surface area contributed by atoms with E-state index in [1.807, 2.05) is 48.3 Å². The summed E-state index contributed by atoms with van der Waals surface area (Å²) in [5, 5.41) is 0. The second-order valence-electron chi connectivity index (χ2n) is 2.73. The van der Waals surface area contributed by atoms with Crippen LogP contribution in [0.2, 0.25) is 0 Å². The molecule has 0 atom stereocenters. The molecule has 0 aliphatic carbocycles. The number of nitrogens with zero attached hydrogens (tertiary/aromatic N) is 1. The molecule has 2 aromatic heterocycles. The Morgan fingerprint density at radius 2 is 1.92 bits per heavy atom. The van der Waals surface area contributed by atoms with Crippen molar-refractivity contribution in [2.24, 2.45) is 7.05 Å². The van der Waals surface area contributed by atoms with Crippen molar-refractivity contribution in [3.8, 4) is 11.3 Å². The van der Waals surface area contributed by atoms with Crippen LogP contribution in [0.4, 0.5) is 0 Å². The summed E-state index contributed by atoms with van der Waals surface area (Å²) in [6.07, 6.45) is 5.68. The SMILES string of the molecule is C[n+]1ccc(-c2ccco2)cc1. The van der Waals surface area contributed by atoms with E-state index in [0.717, 1.165) is 11.3 Å². The topological polar surface area (TPSA) is 17.0 Å². The first-order valence-corrected chi connectivity index (χ1v) is 3.85. The first-order chi connectivity index (χ1) is 5.86. The fourth-order valence-corrected chi connectivity index (χ4v) is 1.11. The van der Waals surface area contributed by atoms with Crippen LogP contribution in [0.25, 0.3) is 11.3 Å². The average Bonchev–Trinajstić information content (AvgIpc) is 2.58. The maximum absolute atomic E-state index is 5.25. The lowest BCUT2D eigenvalue weighted by molar-refractivity contribution is -0.671.